The Morgan fingerprint density at radius 2 is 2.05 bits per heavy atom. The predicted molar refractivity (Wildman–Crippen MR) is 78.2 cm³/mol. The van der Waals surface area contributed by atoms with Crippen LogP contribution in [0.25, 0.3) is 11.3 Å². The van der Waals surface area contributed by atoms with Gasteiger partial charge in [0.15, 0.2) is 0 Å². The lowest BCUT2D eigenvalue weighted by Gasteiger charge is -2.22. The molecule has 1 aliphatic rings. The highest BCUT2D eigenvalue weighted by Crippen LogP contribution is 2.29. The average molecular weight is 286 g/mol. The molecule has 0 saturated heterocycles. The number of rotatable bonds is 3. The van der Waals surface area contributed by atoms with Crippen molar-refractivity contribution < 1.29 is 14.3 Å². The van der Waals surface area contributed by atoms with Crippen LogP contribution in [-0.2, 0) is 16.0 Å². The maximum Gasteiger partial charge on any atom is 0.328 e. The van der Waals surface area contributed by atoms with E-state index in [1.54, 1.807) is 7.11 Å². The third-order valence-electron chi connectivity index (χ3n) is 3.88. The third kappa shape index (κ3) is 2.51. The number of hydrogen-bond acceptors (Lipinski definition) is 4. The highest BCUT2D eigenvalue weighted by molar-refractivity contribution is 5.74. The second-order valence-corrected chi connectivity index (χ2v) is 5.11. The number of carbonyl (C=O) groups is 1. The molecule has 2 heterocycles. The number of fused-ring (bicyclic) bond motifs is 1. The Bertz CT molecular complexity index is 646. The largest absolute Gasteiger partial charge is 0.497 e. The van der Waals surface area contributed by atoms with Crippen LogP contribution in [0.3, 0.4) is 0 Å². The summed E-state index contributed by atoms with van der Waals surface area (Å²) in [5, 5.41) is 0. The second kappa shape index (κ2) is 5.60. The van der Waals surface area contributed by atoms with Crippen molar-refractivity contribution in [2.45, 2.75) is 25.3 Å². The van der Waals surface area contributed by atoms with Crippen LogP contribution >= 0.6 is 0 Å². The summed E-state index contributed by atoms with van der Waals surface area (Å²) >= 11 is 0. The number of nitrogens with zero attached hydrogens (tertiary/aromatic N) is 2. The van der Waals surface area contributed by atoms with Crippen LogP contribution in [0.15, 0.2) is 30.5 Å². The molecule has 1 aromatic carbocycles. The predicted octanol–water partition coefficient (Wildman–Crippen LogP) is 2.61. The van der Waals surface area contributed by atoms with Gasteiger partial charge in [0, 0.05) is 18.2 Å². The molecule has 0 N–H and O–H groups in total. The number of ether oxygens (including phenoxy) is 2. The van der Waals surface area contributed by atoms with E-state index in [0.29, 0.717) is 0 Å². The Morgan fingerprint density at radius 1 is 1.29 bits per heavy atom. The summed E-state index contributed by atoms with van der Waals surface area (Å²) in [6.45, 7) is 0. The molecule has 0 amide bonds. The molecule has 0 spiro atoms. The molecule has 0 radical (unpaired) electrons. The van der Waals surface area contributed by atoms with Crippen molar-refractivity contribution in [3.63, 3.8) is 0 Å². The molecule has 1 aliphatic heterocycles. The van der Waals surface area contributed by atoms with Gasteiger partial charge in [0.05, 0.1) is 19.9 Å². The molecular weight excluding hydrogens is 268 g/mol. The number of benzene rings is 1. The van der Waals surface area contributed by atoms with E-state index in [4.69, 9.17) is 9.47 Å². The first kappa shape index (κ1) is 13.7. The average Bonchev–Trinajstić information content (AvgIpc) is 2.98. The minimum absolute atomic E-state index is 0.199. The lowest BCUT2D eigenvalue weighted by atomic mass is 10.1. The van der Waals surface area contributed by atoms with Gasteiger partial charge in [-0.2, -0.15) is 0 Å². The molecule has 0 bridgehead atoms. The zero-order valence-electron chi connectivity index (χ0n) is 12.2. The monoisotopic (exact) mass is 286 g/mol. The van der Waals surface area contributed by atoms with Crippen LogP contribution in [-0.4, -0.2) is 29.7 Å². The van der Waals surface area contributed by atoms with Crippen molar-refractivity contribution in [2.75, 3.05) is 14.2 Å². The van der Waals surface area contributed by atoms with E-state index in [1.807, 2.05) is 35.0 Å². The number of imidazole rings is 1. The van der Waals surface area contributed by atoms with Gasteiger partial charge in [-0.1, -0.05) is 0 Å². The summed E-state index contributed by atoms with van der Waals surface area (Å²) in [5.74, 6) is 1.56. The topological polar surface area (TPSA) is 53.4 Å². The van der Waals surface area contributed by atoms with Gasteiger partial charge in [0.2, 0.25) is 0 Å². The molecule has 0 fully saturated rings. The van der Waals surface area contributed by atoms with Crippen molar-refractivity contribution in [3.05, 3.63) is 36.3 Å². The van der Waals surface area contributed by atoms with Crippen molar-refractivity contribution in [1.82, 2.24) is 9.55 Å². The van der Waals surface area contributed by atoms with Gasteiger partial charge < -0.3 is 14.0 Å². The minimum Gasteiger partial charge on any atom is -0.497 e. The first-order valence-corrected chi connectivity index (χ1v) is 7.03. The highest BCUT2D eigenvalue weighted by Gasteiger charge is 2.28. The molecule has 1 atom stereocenters. The SMILES string of the molecule is COC(=O)C1CCCc2nc(-c3ccc(OC)cc3)cn21. The standard InChI is InChI=1S/C16H18N2O3/c1-20-12-8-6-11(7-9-12)13-10-18-14(16(19)21-2)4-3-5-15(18)17-13/h6-10,14H,3-5H2,1-2H3. The van der Waals surface area contributed by atoms with Crippen molar-refractivity contribution in [3.8, 4) is 17.0 Å². The van der Waals surface area contributed by atoms with E-state index in [-0.39, 0.29) is 12.0 Å². The molecule has 0 aliphatic carbocycles. The zero-order valence-corrected chi connectivity index (χ0v) is 12.2. The van der Waals surface area contributed by atoms with Crippen molar-refractivity contribution in [1.29, 1.82) is 0 Å². The van der Waals surface area contributed by atoms with Gasteiger partial charge >= 0.3 is 5.97 Å². The van der Waals surface area contributed by atoms with E-state index in [2.05, 4.69) is 4.98 Å². The van der Waals surface area contributed by atoms with Crippen LogP contribution < -0.4 is 4.74 Å². The first-order valence-electron chi connectivity index (χ1n) is 7.03. The molecule has 1 aromatic heterocycles. The number of aryl methyl sites for hydroxylation is 1. The zero-order chi connectivity index (χ0) is 14.8. The molecule has 21 heavy (non-hydrogen) atoms. The van der Waals surface area contributed by atoms with Crippen molar-refractivity contribution in [2.24, 2.45) is 0 Å². The van der Waals surface area contributed by atoms with Gasteiger partial charge in [-0.25, -0.2) is 9.78 Å². The Hall–Kier alpha value is -2.30. The molecule has 3 rings (SSSR count). The molecule has 5 nitrogen and oxygen atoms in total. The van der Waals surface area contributed by atoms with Crippen LogP contribution in [0.1, 0.15) is 24.7 Å². The van der Waals surface area contributed by atoms with E-state index in [0.717, 1.165) is 42.1 Å². The van der Waals surface area contributed by atoms with Gasteiger partial charge in [0.25, 0.3) is 0 Å². The number of carbonyl (C=O) groups excluding carboxylic acids is 1. The molecule has 1 unspecified atom stereocenters. The van der Waals surface area contributed by atoms with Gasteiger partial charge in [0.1, 0.15) is 17.6 Å². The summed E-state index contributed by atoms with van der Waals surface area (Å²) in [5.41, 5.74) is 1.89. The van der Waals surface area contributed by atoms with Crippen molar-refractivity contribution >= 4 is 5.97 Å². The number of methoxy groups -OCH3 is 2. The van der Waals surface area contributed by atoms with Crippen LogP contribution in [0.5, 0.6) is 5.75 Å². The Labute approximate surface area is 123 Å². The number of esters is 1. The second-order valence-electron chi connectivity index (χ2n) is 5.11. The van der Waals surface area contributed by atoms with Crippen LogP contribution in [0.4, 0.5) is 0 Å². The van der Waals surface area contributed by atoms with Gasteiger partial charge in [-0.05, 0) is 37.1 Å². The fourth-order valence-electron chi connectivity index (χ4n) is 2.75. The fraction of sp³-hybridized carbons (Fsp3) is 0.375. The summed E-state index contributed by atoms with van der Waals surface area (Å²) in [7, 11) is 3.07. The number of aromatic nitrogens is 2. The molecule has 5 heteroatoms. The summed E-state index contributed by atoms with van der Waals surface area (Å²) < 4.78 is 12.0. The number of hydrogen-bond donors (Lipinski definition) is 0. The van der Waals surface area contributed by atoms with E-state index in [1.165, 1.54) is 7.11 Å². The lowest BCUT2D eigenvalue weighted by molar-refractivity contribution is -0.145. The molecular formula is C16H18N2O3. The normalized spacial score (nSPS) is 17.1. The van der Waals surface area contributed by atoms with Crippen LogP contribution in [0, 0.1) is 0 Å². The van der Waals surface area contributed by atoms with Crippen LogP contribution in [0.2, 0.25) is 0 Å². The van der Waals surface area contributed by atoms with Gasteiger partial charge in [-0.3, -0.25) is 0 Å². The smallest absolute Gasteiger partial charge is 0.328 e. The third-order valence-corrected chi connectivity index (χ3v) is 3.88. The quantitative estimate of drug-likeness (QED) is 0.814. The summed E-state index contributed by atoms with van der Waals surface area (Å²) in [6, 6.07) is 7.51. The summed E-state index contributed by atoms with van der Waals surface area (Å²) in [6.07, 6.45) is 4.60. The first-order chi connectivity index (χ1) is 10.2. The maximum absolute atomic E-state index is 11.9. The Balaban J connectivity index is 1.95. The molecule has 2 aromatic rings. The minimum atomic E-state index is -0.252. The van der Waals surface area contributed by atoms with E-state index < -0.39 is 0 Å². The Kier molecular flexibility index (Phi) is 3.64. The Morgan fingerprint density at radius 3 is 2.71 bits per heavy atom. The summed E-state index contributed by atoms with van der Waals surface area (Å²) in [4.78, 5) is 16.5. The maximum atomic E-state index is 11.9. The molecule has 0 saturated carbocycles. The molecule has 110 valence electrons. The fourth-order valence-corrected chi connectivity index (χ4v) is 2.75. The lowest BCUT2D eigenvalue weighted by Crippen LogP contribution is -2.25. The van der Waals surface area contributed by atoms with E-state index >= 15 is 0 Å². The highest BCUT2D eigenvalue weighted by atomic mass is 16.5. The van der Waals surface area contributed by atoms with Gasteiger partial charge in [-0.15, -0.1) is 0 Å². The van der Waals surface area contributed by atoms with E-state index in [9.17, 15) is 4.79 Å².